The summed E-state index contributed by atoms with van der Waals surface area (Å²) in [7, 11) is 0. The molecule has 11 heteroatoms. The molecule has 4 rings (SSSR count). The van der Waals surface area contributed by atoms with E-state index < -0.39 is 17.9 Å². The van der Waals surface area contributed by atoms with Crippen LogP contribution in [0.1, 0.15) is 37.1 Å². The Balaban J connectivity index is 1.68. The predicted octanol–water partition coefficient (Wildman–Crippen LogP) is 4.71. The Hall–Kier alpha value is -2.23. The molecule has 1 aromatic carbocycles. The number of hydrogen-bond acceptors (Lipinski definition) is 4. The first-order chi connectivity index (χ1) is 15.1. The van der Waals surface area contributed by atoms with E-state index in [4.69, 9.17) is 23.2 Å². The fourth-order valence-electron chi connectivity index (χ4n) is 4.12. The Bertz CT molecular complexity index is 1060. The molecule has 0 bridgehead atoms. The van der Waals surface area contributed by atoms with Gasteiger partial charge in [0.1, 0.15) is 11.9 Å². The zero-order valence-electron chi connectivity index (χ0n) is 17.3. The molecule has 1 saturated heterocycles. The molecule has 2 aliphatic rings. The van der Waals surface area contributed by atoms with Crippen LogP contribution in [-0.2, 0) is 11.0 Å². The summed E-state index contributed by atoms with van der Waals surface area (Å²) in [6, 6.07) is 4.75. The average Bonchev–Trinajstić information content (AvgIpc) is 3.38. The highest BCUT2D eigenvalue weighted by Crippen LogP contribution is 2.40. The van der Waals surface area contributed by atoms with Crippen LogP contribution in [0.4, 0.5) is 19.0 Å². The summed E-state index contributed by atoms with van der Waals surface area (Å²) in [5, 5.41) is 10.1. The third-order valence-electron chi connectivity index (χ3n) is 5.68. The van der Waals surface area contributed by atoms with E-state index in [1.165, 1.54) is 4.68 Å². The molecule has 2 N–H and O–H groups in total. The fourth-order valence-corrected chi connectivity index (χ4v) is 4.43. The second-order valence-corrected chi connectivity index (χ2v) is 8.72. The number of carbonyl (C=O) groups is 1. The van der Waals surface area contributed by atoms with Crippen LogP contribution in [0.25, 0.3) is 0 Å². The van der Waals surface area contributed by atoms with Crippen molar-refractivity contribution in [2.75, 3.05) is 31.5 Å². The average molecular weight is 488 g/mol. The van der Waals surface area contributed by atoms with Gasteiger partial charge in [-0.1, -0.05) is 29.3 Å². The number of likely N-dealkylation sites (tertiary alicyclic amines) is 1. The number of aromatic nitrogens is 2. The van der Waals surface area contributed by atoms with Crippen molar-refractivity contribution in [3.63, 3.8) is 0 Å². The van der Waals surface area contributed by atoms with Crippen molar-refractivity contribution in [1.29, 1.82) is 0 Å². The summed E-state index contributed by atoms with van der Waals surface area (Å²) in [6.45, 7) is 4.81. The molecular formula is C21H22Cl2F3N5O. The molecule has 2 aliphatic heterocycles. The highest BCUT2D eigenvalue weighted by atomic mass is 35.5. The zero-order valence-corrected chi connectivity index (χ0v) is 18.8. The van der Waals surface area contributed by atoms with Gasteiger partial charge in [0.25, 0.3) is 5.91 Å². The number of carbonyl (C=O) groups excluding carboxylic acids is 1. The first-order valence-corrected chi connectivity index (χ1v) is 11.0. The van der Waals surface area contributed by atoms with Gasteiger partial charge in [0.05, 0.1) is 15.6 Å². The molecule has 32 heavy (non-hydrogen) atoms. The van der Waals surface area contributed by atoms with E-state index in [2.05, 4.69) is 20.6 Å². The number of halogens is 5. The van der Waals surface area contributed by atoms with E-state index in [1.807, 2.05) is 0 Å². The lowest BCUT2D eigenvalue weighted by Gasteiger charge is -2.30. The molecule has 2 aromatic rings. The van der Waals surface area contributed by atoms with Crippen molar-refractivity contribution in [2.24, 2.45) is 0 Å². The maximum atomic E-state index is 13.3. The number of alkyl halides is 3. The molecule has 0 saturated carbocycles. The van der Waals surface area contributed by atoms with E-state index in [0.29, 0.717) is 29.4 Å². The molecule has 0 spiro atoms. The number of anilines is 1. The lowest BCUT2D eigenvalue weighted by molar-refractivity contribution is -0.141. The topological polar surface area (TPSA) is 62.2 Å². The van der Waals surface area contributed by atoms with Gasteiger partial charge in [0, 0.05) is 24.9 Å². The first kappa shape index (κ1) is 22.9. The lowest BCUT2D eigenvalue weighted by Crippen LogP contribution is -2.38. The van der Waals surface area contributed by atoms with Gasteiger partial charge in [-0.2, -0.15) is 18.3 Å². The minimum atomic E-state index is -4.62. The van der Waals surface area contributed by atoms with Crippen molar-refractivity contribution >= 4 is 34.9 Å². The minimum absolute atomic E-state index is 0.138. The van der Waals surface area contributed by atoms with Gasteiger partial charge in [0.15, 0.2) is 5.69 Å². The highest BCUT2D eigenvalue weighted by molar-refractivity contribution is 6.42. The largest absolute Gasteiger partial charge is 0.435 e. The summed E-state index contributed by atoms with van der Waals surface area (Å²) in [4.78, 5) is 15.4. The van der Waals surface area contributed by atoms with E-state index >= 15 is 0 Å². The van der Waals surface area contributed by atoms with Crippen molar-refractivity contribution in [1.82, 2.24) is 20.0 Å². The smallest absolute Gasteiger partial charge is 0.351 e. The van der Waals surface area contributed by atoms with E-state index in [-0.39, 0.29) is 22.3 Å². The monoisotopic (exact) mass is 487 g/mol. The second-order valence-electron chi connectivity index (χ2n) is 7.90. The highest BCUT2D eigenvalue weighted by Gasteiger charge is 2.39. The molecule has 0 radical (unpaired) electrons. The van der Waals surface area contributed by atoms with Crippen molar-refractivity contribution in [3.05, 3.63) is 56.8 Å². The number of nitrogens with zero attached hydrogens (tertiary/aromatic N) is 3. The summed E-state index contributed by atoms with van der Waals surface area (Å²) in [5.41, 5.74) is 0.173. The second kappa shape index (κ2) is 8.96. The van der Waals surface area contributed by atoms with Crippen LogP contribution in [-0.4, -0.2) is 46.8 Å². The van der Waals surface area contributed by atoms with Crippen LogP contribution in [0.15, 0.2) is 35.5 Å². The molecule has 172 valence electrons. The lowest BCUT2D eigenvalue weighted by atomic mass is 9.95. The van der Waals surface area contributed by atoms with Gasteiger partial charge in [-0.25, -0.2) is 4.68 Å². The van der Waals surface area contributed by atoms with Crippen LogP contribution in [0.3, 0.4) is 0 Å². The van der Waals surface area contributed by atoms with Crippen molar-refractivity contribution in [3.8, 4) is 0 Å². The van der Waals surface area contributed by atoms with Crippen LogP contribution in [0, 0.1) is 0 Å². The first-order valence-electron chi connectivity index (χ1n) is 10.2. The van der Waals surface area contributed by atoms with Crippen molar-refractivity contribution < 1.29 is 18.0 Å². The van der Waals surface area contributed by atoms with Crippen molar-refractivity contribution in [2.45, 2.75) is 32.0 Å². The Morgan fingerprint density at radius 1 is 1.22 bits per heavy atom. The molecule has 3 heterocycles. The number of benzene rings is 1. The Labute approximate surface area is 193 Å². The fraction of sp³-hybridized carbons (Fsp3) is 0.429. The van der Waals surface area contributed by atoms with E-state index in [0.717, 1.165) is 32.0 Å². The van der Waals surface area contributed by atoms with Gasteiger partial charge >= 0.3 is 6.18 Å². The molecule has 0 aliphatic carbocycles. The zero-order chi connectivity index (χ0) is 23.0. The Morgan fingerprint density at radius 3 is 2.59 bits per heavy atom. The SMILES string of the molecule is CC1=C(C(=O)NCCN2CCCC2)C(c2ccc(Cl)c(Cl)c2)n2nc(C(F)(F)F)cc2N1. The van der Waals surface area contributed by atoms with Gasteiger partial charge in [-0.3, -0.25) is 4.79 Å². The number of allylic oxidation sites excluding steroid dienone is 1. The van der Waals surface area contributed by atoms with E-state index in [1.54, 1.807) is 25.1 Å². The summed E-state index contributed by atoms with van der Waals surface area (Å²) in [6.07, 6.45) is -2.34. The Kier molecular flexibility index (Phi) is 6.42. The number of nitrogens with one attached hydrogen (secondary N) is 2. The third kappa shape index (κ3) is 4.60. The molecule has 1 unspecified atom stereocenters. The van der Waals surface area contributed by atoms with Crippen LogP contribution < -0.4 is 10.6 Å². The quantitative estimate of drug-likeness (QED) is 0.640. The van der Waals surface area contributed by atoms with Crippen LogP contribution in [0.2, 0.25) is 10.0 Å². The number of fused-ring (bicyclic) bond motifs is 1. The number of rotatable bonds is 5. The maximum absolute atomic E-state index is 13.3. The van der Waals surface area contributed by atoms with Gasteiger partial charge in [-0.15, -0.1) is 0 Å². The molecule has 1 aromatic heterocycles. The molecular weight excluding hydrogens is 466 g/mol. The third-order valence-corrected chi connectivity index (χ3v) is 6.42. The number of amides is 1. The summed E-state index contributed by atoms with van der Waals surface area (Å²) >= 11 is 12.2. The normalized spacial score (nSPS) is 19.1. The summed E-state index contributed by atoms with van der Waals surface area (Å²) in [5.74, 6) is -0.237. The van der Waals surface area contributed by atoms with Gasteiger partial charge in [-0.05, 0) is 50.6 Å². The minimum Gasteiger partial charge on any atom is -0.351 e. The molecule has 1 atom stereocenters. The molecule has 6 nitrogen and oxygen atoms in total. The molecule has 1 fully saturated rings. The van der Waals surface area contributed by atoms with Crippen LogP contribution >= 0.6 is 23.2 Å². The number of hydrogen-bond donors (Lipinski definition) is 2. The van der Waals surface area contributed by atoms with Gasteiger partial charge < -0.3 is 15.5 Å². The van der Waals surface area contributed by atoms with Gasteiger partial charge in [0.2, 0.25) is 0 Å². The Morgan fingerprint density at radius 2 is 1.94 bits per heavy atom. The molecule has 1 amide bonds. The maximum Gasteiger partial charge on any atom is 0.435 e. The predicted molar refractivity (Wildman–Crippen MR) is 117 cm³/mol. The van der Waals surface area contributed by atoms with E-state index in [9.17, 15) is 18.0 Å². The standard InChI is InChI=1S/C21H22Cl2F3N5O/c1-12-18(20(32)27-6-9-30-7-2-3-8-30)19(13-4-5-14(22)15(23)10-13)31-17(28-12)11-16(29-31)21(24,25)26/h4-5,10-11,19,28H,2-3,6-9H2,1H3,(H,27,32). The van der Waals surface area contributed by atoms with Crippen LogP contribution in [0.5, 0.6) is 0 Å². The summed E-state index contributed by atoms with van der Waals surface area (Å²) < 4.78 is 41.2.